The van der Waals surface area contributed by atoms with Gasteiger partial charge in [0.2, 0.25) is 5.89 Å². The number of aromatic nitrogens is 3. The van der Waals surface area contributed by atoms with Crippen LogP contribution in [0.3, 0.4) is 0 Å². The van der Waals surface area contributed by atoms with Crippen molar-refractivity contribution in [2.75, 3.05) is 25.4 Å². The predicted octanol–water partition coefficient (Wildman–Crippen LogP) is 2.86. The smallest absolute Gasteiger partial charge is 0.410 e. The molecule has 2 aromatic heterocycles. The summed E-state index contributed by atoms with van der Waals surface area (Å²) in [5.41, 5.74) is 0.316. The van der Waals surface area contributed by atoms with Crippen LogP contribution in [0.2, 0.25) is 0 Å². The normalized spacial score (nSPS) is 18.0. The first-order chi connectivity index (χ1) is 12.4. The van der Waals surface area contributed by atoms with Crippen molar-refractivity contribution in [3.63, 3.8) is 0 Å². The standard InChI is InChI=1S/C17H22N4O4S/c1-17(2,3)25-16(22)21-8-9-23-13(10-21)11-26-15-20-19-14(24-15)12-4-6-18-7-5-12/h4-7,13H,8-11H2,1-3H3. The second-order valence-corrected chi connectivity index (χ2v) is 7.81. The van der Waals surface area contributed by atoms with Gasteiger partial charge < -0.3 is 18.8 Å². The summed E-state index contributed by atoms with van der Waals surface area (Å²) in [6, 6.07) is 3.62. The average molecular weight is 378 g/mol. The number of morpholine rings is 1. The summed E-state index contributed by atoms with van der Waals surface area (Å²) in [7, 11) is 0. The highest BCUT2D eigenvalue weighted by molar-refractivity contribution is 7.99. The Hall–Kier alpha value is -2.13. The second kappa shape index (κ2) is 8.05. The summed E-state index contributed by atoms with van der Waals surface area (Å²) in [6.45, 7) is 7.06. The average Bonchev–Trinajstić information content (AvgIpc) is 3.09. The summed E-state index contributed by atoms with van der Waals surface area (Å²) in [5.74, 6) is 1.06. The Labute approximate surface area is 156 Å². The fourth-order valence-corrected chi connectivity index (χ4v) is 3.12. The lowest BCUT2D eigenvalue weighted by atomic mass is 10.2. The zero-order chi connectivity index (χ0) is 18.6. The molecule has 26 heavy (non-hydrogen) atoms. The maximum Gasteiger partial charge on any atom is 0.410 e. The van der Waals surface area contributed by atoms with Crippen molar-refractivity contribution >= 4 is 17.9 Å². The fourth-order valence-electron chi connectivity index (χ4n) is 2.36. The molecule has 1 aliphatic rings. The summed E-state index contributed by atoms with van der Waals surface area (Å²) in [5, 5.41) is 8.56. The minimum absolute atomic E-state index is 0.113. The quantitative estimate of drug-likeness (QED) is 0.750. The first kappa shape index (κ1) is 18.7. The van der Waals surface area contributed by atoms with E-state index in [1.165, 1.54) is 11.8 Å². The Morgan fingerprint density at radius 3 is 2.85 bits per heavy atom. The number of amides is 1. The van der Waals surface area contributed by atoms with Crippen molar-refractivity contribution in [2.24, 2.45) is 0 Å². The van der Waals surface area contributed by atoms with Gasteiger partial charge in [-0.15, -0.1) is 10.2 Å². The SMILES string of the molecule is CC(C)(C)OC(=O)N1CCOC(CSc2nnc(-c3ccncc3)o2)C1. The Kier molecular flexibility index (Phi) is 5.77. The van der Waals surface area contributed by atoms with Crippen molar-refractivity contribution in [3.05, 3.63) is 24.5 Å². The number of hydrogen-bond donors (Lipinski definition) is 0. The predicted molar refractivity (Wildman–Crippen MR) is 95.8 cm³/mol. The molecule has 1 amide bonds. The summed E-state index contributed by atoms with van der Waals surface area (Å²) in [6.07, 6.45) is 2.92. The van der Waals surface area contributed by atoms with Gasteiger partial charge in [0, 0.05) is 30.3 Å². The van der Waals surface area contributed by atoms with Gasteiger partial charge in [-0.2, -0.15) is 0 Å². The molecule has 8 nitrogen and oxygen atoms in total. The first-order valence-corrected chi connectivity index (χ1v) is 9.35. The molecule has 1 aliphatic heterocycles. The number of nitrogens with zero attached hydrogens (tertiary/aromatic N) is 4. The van der Waals surface area contributed by atoms with E-state index in [9.17, 15) is 4.79 Å². The maximum absolute atomic E-state index is 12.2. The molecule has 0 aliphatic carbocycles. The van der Waals surface area contributed by atoms with Gasteiger partial charge >= 0.3 is 6.09 Å². The molecule has 3 heterocycles. The Bertz CT molecular complexity index is 732. The van der Waals surface area contributed by atoms with E-state index >= 15 is 0 Å². The lowest BCUT2D eigenvalue weighted by Gasteiger charge is -2.33. The van der Waals surface area contributed by atoms with Crippen LogP contribution in [0.4, 0.5) is 4.79 Å². The number of carbonyl (C=O) groups is 1. The zero-order valence-corrected chi connectivity index (χ0v) is 15.9. The maximum atomic E-state index is 12.2. The van der Waals surface area contributed by atoms with E-state index in [-0.39, 0.29) is 12.2 Å². The van der Waals surface area contributed by atoms with Crippen LogP contribution >= 0.6 is 11.8 Å². The molecule has 1 saturated heterocycles. The molecule has 1 fully saturated rings. The first-order valence-electron chi connectivity index (χ1n) is 8.37. The largest absolute Gasteiger partial charge is 0.444 e. The zero-order valence-electron chi connectivity index (χ0n) is 15.0. The van der Waals surface area contributed by atoms with Gasteiger partial charge in [-0.3, -0.25) is 4.98 Å². The van der Waals surface area contributed by atoms with Crippen molar-refractivity contribution in [2.45, 2.75) is 37.7 Å². The minimum atomic E-state index is -0.507. The van der Waals surface area contributed by atoms with E-state index in [2.05, 4.69) is 15.2 Å². The number of carbonyl (C=O) groups excluding carboxylic acids is 1. The van der Waals surface area contributed by atoms with Crippen LogP contribution in [-0.4, -0.2) is 63.3 Å². The molecule has 0 spiro atoms. The minimum Gasteiger partial charge on any atom is -0.444 e. The van der Waals surface area contributed by atoms with E-state index < -0.39 is 5.60 Å². The number of rotatable bonds is 4. The molecule has 1 unspecified atom stereocenters. The van der Waals surface area contributed by atoms with Crippen LogP contribution in [-0.2, 0) is 9.47 Å². The highest BCUT2D eigenvalue weighted by Crippen LogP contribution is 2.24. The van der Waals surface area contributed by atoms with Crippen molar-refractivity contribution in [3.8, 4) is 11.5 Å². The van der Waals surface area contributed by atoms with E-state index in [0.717, 1.165) is 5.56 Å². The molecular formula is C17H22N4O4S. The number of thioether (sulfide) groups is 1. The van der Waals surface area contributed by atoms with Crippen LogP contribution < -0.4 is 0 Å². The molecule has 0 bridgehead atoms. The van der Waals surface area contributed by atoms with Gasteiger partial charge in [0.15, 0.2) is 0 Å². The number of ether oxygens (including phenoxy) is 2. The summed E-state index contributed by atoms with van der Waals surface area (Å²) < 4.78 is 16.8. The van der Waals surface area contributed by atoms with Crippen molar-refractivity contribution < 1.29 is 18.7 Å². The molecule has 0 radical (unpaired) electrons. The van der Waals surface area contributed by atoms with Gasteiger partial charge in [-0.25, -0.2) is 4.79 Å². The number of pyridine rings is 1. The van der Waals surface area contributed by atoms with Gasteiger partial charge in [0.1, 0.15) is 5.60 Å². The third-order valence-corrected chi connectivity index (χ3v) is 4.47. The van der Waals surface area contributed by atoms with Gasteiger partial charge in [0.05, 0.1) is 19.3 Å². The second-order valence-electron chi connectivity index (χ2n) is 6.84. The molecule has 0 aromatic carbocycles. The van der Waals surface area contributed by atoms with Gasteiger partial charge in [-0.05, 0) is 32.9 Å². The van der Waals surface area contributed by atoms with Crippen molar-refractivity contribution in [1.29, 1.82) is 0 Å². The Morgan fingerprint density at radius 2 is 2.12 bits per heavy atom. The third kappa shape index (κ3) is 5.18. The fraction of sp³-hybridized carbons (Fsp3) is 0.529. The van der Waals surface area contributed by atoms with Crippen LogP contribution in [0.25, 0.3) is 11.5 Å². The summed E-state index contributed by atoms with van der Waals surface area (Å²) in [4.78, 5) is 17.8. The van der Waals surface area contributed by atoms with E-state index in [1.54, 1.807) is 17.3 Å². The third-order valence-electron chi connectivity index (χ3n) is 3.52. The highest BCUT2D eigenvalue weighted by Gasteiger charge is 2.28. The lowest BCUT2D eigenvalue weighted by molar-refractivity contribution is -0.0338. The van der Waals surface area contributed by atoms with Crippen molar-refractivity contribution in [1.82, 2.24) is 20.1 Å². The molecule has 2 aromatic rings. The Balaban J connectivity index is 1.52. The molecule has 0 saturated carbocycles. The molecule has 9 heteroatoms. The van der Waals surface area contributed by atoms with E-state index in [4.69, 9.17) is 13.9 Å². The van der Waals surface area contributed by atoms with Gasteiger partial charge in [0.25, 0.3) is 5.22 Å². The highest BCUT2D eigenvalue weighted by atomic mass is 32.2. The van der Waals surface area contributed by atoms with Crippen LogP contribution in [0, 0.1) is 0 Å². The number of hydrogen-bond acceptors (Lipinski definition) is 8. The molecule has 0 N–H and O–H groups in total. The van der Waals surface area contributed by atoms with Crippen LogP contribution in [0.15, 0.2) is 34.2 Å². The topological polar surface area (TPSA) is 90.6 Å². The molecule has 1 atom stereocenters. The van der Waals surface area contributed by atoms with E-state index in [1.807, 2.05) is 32.9 Å². The molecular weight excluding hydrogens is 356 g/mol. The van der Waals surface area contributed by atoms with Crippen LogP contribution in [0.5, 0.6) is 0 Å². The monoisotopic (exact) mass is 378 g/mol. The molecule has 3 rings (SSSR count). The van der Waals surface area contributed by atoms with E-state index in [0.29, 0.717) is 36.6 Å². The van der Waals surface area contributed by atoms with Crippen LogP contribution in [0.1, 0.15) is 20.8 Å². The van der Waals surface area contributed by atoms with Gasteiger partial charge in [-0.1, -0.05) is 11.8 Å². The summed E-state index contributed by atoms with van der Waals surface area (Å²) >= 11 is 1.41. The Morgan fingerprint density at radius 1 is 1.35 bits per heavy atom. The lowest BCUT2D eigenvalue weighted by Crippen LogP contribution is -2.48. The molecule has 140 valence electrons.